The van der Waals surface area contributed by atoms with E-state index in [1.807, 2.05) is 20.8 Å². The van der Waals surface area contributed by atoms with Gasteiger partial charge in [0.1, 0.15) is 11.2 Å². The molecule has 1 fully saturated rings. The lowest BCUT2D eigenvalue weighted by molar-refractivity contribution is -0.197. The van der Waals surface area contributed by atoms with Crippen molar-refractivity contribution in [1.82, 2.24) is 15.5 Å². The fourth-order valence-electron chi connectivity index (χ4n) is 4.50. The van der Waals surface area contributed by atoms with Crippen LogP contribution in [0.15, 0.2) is 0 Å². The summed E-state index contributed by atoms with van der Waals surface area (Å²) in [6.45, 7) is 10.5. The van der Waals surface area contributed by atoms with Crippen molar-refractivity contribution in [3.8, 4) is 0 Å². The first-order chi connectivity index (χ1) is 20.6. The molecule has 4 amide bonds. The predicted octanol–water partition coefficient (Wildman–Crippen LogP) is 6.06. The number of hydrogen-bond acceptors (Lipinski definition) is 9. The summed E-state index contributed by atoms with van der Waals surface area (Å²) < 4.78 is 10.6. The standard InChI is InChI=1S/C32H55N3O9/c1-31(2,3)42-28(39)20-18-16-14-12-10-8-7-9-11-13-15-17-19-25(36)34(33-30(41)43-32(4,5)6)24-23-29(40)44-35-26(37)21-22-27(35)38/h7-24H2,1-6H3,(H,33,41). The summed E-state index contributed by atoms with van der Waals surface area (Å²) in [7, 11) is 0. The Morgan fingerprint density at radius 2 is 1.07 bits per heavy atom. The lowest BCUT2D eigenvalue weighted by Crippen LogP contribution is -2.49. The average Bonchev–Trinajstić information content (AvgIpc) is 3.21. The average molecular weight is 626 g/mol. The van der Waals surface area contributed by atoms with Gasteiger partial charge in [0.2, 0.25) is 5.91 Å². The van der Waals surface area contributed by atoms with Crippen LogP contribution in [0.2, 0.25) is 0 Å². The normalized spacial score (nSPS) is 13.5. The van der Waals surface area contributed by atoms with E-state index in [-0.39, 0.29) is 44.1 Å². The molecule has 0 unspecified atom stereocenters. The highest BCUT2D eigenvalue weighted by molar-refractivity contribution is 6.01. The summed E-state index contributed by atoms with van der Waals surface area (Å²) in [5.74, 6) is -2.54. The van der Waals surface area contributed by atoms with Gasteiger partial charge in [-0.05, 0) is 54.4 Å². The third-order valence-corrected chi connectivity index (χ3v) is 6.61. The van der Waals surface area contributed by atoms with Crippen LogP contribution in [-0.4, -0.2) is 63.6 Å². The Labute approximate surface area is 262 Å². The molecule has 0 spiro atoms. The van der Waals surface area contributed by atoms with Gasteiger partial charge in [-0.2, -0.15) is 0 Å². The van der Waals surface area contributed by atoms with Crippen LogP contribution in [-0.2, 0) is 38.3 Å². The highest BCUT2D eigenvalue weighted by atomic mass is 16.7. The maximum Gasteiger partial charge on any atom is 0.426 e. The van der Waals surface area contributed by atoms with Crippen LogP contribution in [0.3, 0.4) is 0 Å². The number of hydrogen-bond donors (Lipinski definition) is 1. The maximum atomic E-state index is 12.9. The Bertz CT molecular complexity index is 938. The Morgan fingerprint density at radius 1 is 0.636 bits per heavy atom. The van der Waals surface area contributed by atoms with Gasteiger partial charge in [0.15, 0.2) is 0 Å². The van der Waals surface area contributed by atoms with Gasteiger partial charge in [-0.15, -0.1) is 5.06 Å². The zero-order chi connectivity index (χ0) is 33.2. The van der Waals surface area contributed by atoms with Crippen molar-refractivity contribution in [2.75, 3.05) is 6.54 Å². The minimum atomic E-state index is -0.865. The highest BCUT2D eigenvalue weighted by Gasteiger charge is 2.33. The van der Waals surface area contributed by atoms with E-state index in [4.69, 9.17) is 14.3 Å². The fraction of sp³-hybridized carbons (Fsp3) is 0.812. The van der Waals surface area contributed by atoms with Crippen molar-refractivity contribution >= 4 is 35.8 Å². The molecule has 0 aliphatic carbocycles. The minimum absolute atomic E-state index is 0.0170. The molecule has 12 nitrogen and oxygen atoms in total. The molecule has 1 aliphatic rings. The lowest BCUT2D eigenvalue weighted by Gasteiger charge is -2.26. The summed E-state index contributed by atoms with van der Waals surface area (Å²) in [6, 6.07) is 0. The molecule has 12 heteroatoms. The van der Waals surface area contributed by atoms with Gasteiger partial charge >= 0.3 is 18.0 Å². The highest BCUT2D eigenvalue weighted by Crippen LogP contribution is 2.16. The first kappa shape index (κ1) is 38.8. The molecule has 1 rings (SSSR count). The van der Waals surface area contributed by atoms with E-state index in [1.165, 1.54) is 25.7 Å². The topological polar surface area (TPSA) is 149 Å². The number of amides is 4. The molecule has 0 aromatic carbocycles. The lowest BCUT2D eigenvalue weighted by atomic mass is 10.0. The second-order valence-corrected chi connectivity index (χ2v) is 13.3. The van der Waals surface area contributed by atoms with Crippen molar-refractivity contribution < 1.29 is 43.1 Å². The third kappa shape index (κ3) is 19.2. The molecule has 1 saturated heterocycles. The molecule has 0 radical (unpaired) electrons. The van der Waals surface area contributed by atoms with Crippen LogP contribution >= 0.6 is 0 Å². The monoisotopic (exact) mass is 625 g/mol. The molecular formula is C32H55N3O9. The van der Waals surface area contributed by atoms with Gasteiger partial charge in [0, 0.05) is 25.7 Å². The summed E-state index contributed by atoms with van der Waals surface area (Å²) >= 11 is 0. The number of nitrogens with one attached hydrogen (secondary N) is 1. The third-order valence-electron chi connectivity index (χ3n) is 6.61. The molecule has 1 aliphatic heterocycles. The van der Waals surface area contributed by atoms with Crippen LogP contribution in [0.4, 0.5) is 4.79 Å². The minimum Gasteiger partial charge on any atom is -0.460 e. The van der Waals surface area contributed by atoms with E-state index in [2.05, 4.69) is 5.43 Å². The summed E-state index contributed by atoms with van der Waals surface area (Å²) in [5, 5.41) is 1.48. The number of imide groups is 1. The number of ether oxygens (including phenoxy) is 2. The fourth-order valence-corrected chi connectivity index (χ4v) is 4.50. The van der Waals surface area contributed by atoms with Crippen molar-refractivity contribution in [2.24, 2.45) is 0 Å². The molecule has 1 heterocycles. The Kier molecular flexibility index (Phi) is 17.6. The molecule has 0 aromatic heterocycles. The van der Waals surface area contributed by atoms with Crippen molar-refractivity contribution in [3.63, 3.8) is 0 Å². The van der Waals surface area contributed by atoms with E-state index in [1.54, 1.807) is 20.8 Å². The molecular weight excluding hydrogens is 570 g/mol. The van der Waals surface area contributed by atoms with Crippen LogP contribution in [0.1, 0.15) is 151 Å². The van der Waals surface area contributed by atoms with Gasteiger partial charge in [-0.25, -0.2) is 15.0 Å². The molecule has 44 heavy (non-hydrogen) atoms. The van der Waals surface area contributed by atoms with E-state index >= 15 is 0 Å². The van der Waals surface area contributed by atoms with Gasteiger partial charge in [-0.1, -0.05) is 64.2 Å². The van der Waals surface area contributed by atoms with Crippen LogP contribution < -0.4 is 5.43 Å². The van der Waals surface area contributed by atoms with Crippen molar-refractivity contribution in [3.05, 3.63) is 0 Å². The Balaban J connectivity index is 2.23. The number of carbonyl (C=O) groups is 6. The summed E-state index contributed by atoms with van der Waals surface area (Å²) in [4.78, 5) is 77.3. The second kappa shape index (κ2) is 20.0. The molecule has 0 aromatic rings. The number of hydroxylamine groups is 2. The Hall–Kier alpha value is -3.18. The molecule has 0 bridgehead atoms. The van der Waals surface area contributed by atoms with Crippen LogP contribution in [0.5, 0.6) is 0 Å². The maximum absolute atomic E-state index is 12.9. The number of unbranched alkanes of at least 4 members (excludes halogenated alkanes) is 11. The largest absolute Gasteiger partial charge is 0.460 e. The van der Waals surface area contributed by atoms with Crippen molar-refractivity contribution in [2.45, 2.75) is 162 Å². The van der Waals surface area contributed by atoms with Gasteiger partial charge in [-0.3, -0.25) is 24.2 Å². The summed E-state index contributed by atoms with van der Waals surface area (Å²) in [5.41, 5.74) is 1.20. The summed E-state index contributed by atoms with van der Waals surface area (Å²) in [6.07, 6.45) is 12.0. The van der Waals surface area contributed by atoms with Gasteiger partial charge < -0.3 is 14.3 Å². The molecule has 0 saturated carbocycles. The molecule has 252 valence electrons. The number of carbonyl (C=O) groups excluding carboxylic acids is 6. The zero-order valence-electron chi connectivity index (χ0n) is 27.8. The van der Waals surface area contributed by atoms with E-state index in [0.29, 0.717) is 17.9 Å². The molecule has 1 N–H and O–H groups in total. The van der Waals surface area contributed by atoms with Gasteiger partial charge in [0.05, 0.1) is 13.0 Å². The smallest absolute Gasteiger partial charge is 0.426 e. The predicted molar refractivity (Wildman–Crippen MR) is 163 cm³/mol. The quantitative estimate of drug-likeness (QED) is 0.0783. The van der Waals surface area contributed by atoms with Crippen LogP contribution in [0.25, 0.3) is 0 Å². The number of nitrogens with zero attached hydrogens (tertiary/aromatic N) is 2. The molecule has 0 atom stereocenters. The van der Waals surface area contributed by atoms with Crippen molar-refractivity contribution in [1.29, 1.82) is 0 Å². The Morgan fingerprint density at radius 3 is 1.52 bits per heavy atom. The van der Waals surface area contributed by atoms with Crippen LogP contribution in [0, 0.1) is 0 Å². The first-order valence-electron chi connectivity index (χ1n) is 16.2. The SMILES string of the molecule is CC(C)(C)OC(=O)CCCCCCCCCCCCCCC(=O)N(CCC(=O)ON1C(=O)CCC1=O)NC(=O)OC(C)(C)C. The van der Waals surface area contributed by atoms with E-state index in [9.17, 15) is 28.8 Å². The number of esters is 1. The van der Waals surface area contributed by atoms with Gasteiger partial charge in [0.25, 0.3) is 11.8 Å². The van der Waals surface area contributed by atoms with E-state index in [0.717, 1.165) is 50.0 Å². The number of rotatable bonds is 19. The first-order valence-corrected chi connectivity index (χ1v) is 16.2. The number of hydrazine groups is 1. The zero-order valence-corrected chi connectivity index (χ0v) is 27.8. The second-order valence-electron chi connectivity index (χ2n) is 13.3. The van der Waals surface area contributed by atoms with E-state index < -0.39 is 35.1 Å².